The summed E-state index contributed by atoms with van der Waals surface area (Å²) in [7, 11) is 1.70. The Morgan fingerprint density at radius 2 is 2.30 bits per heavy atom. The van der Waals surface area contributed by atoms with Gasteiger partial charge in [-0.1, -0.05) is 12.1 Å². The molecular formula is C17H22N4O2. The monoisotopic (exact) mass is 314 g/mol. The van der Waals surface area contributed by atoms with Crippen LogP contribution in [0.2, 0.25) is 0 Å². The predicted molar refractivity (Wildman–Crippen MR) is 88.5 cm³/mol. The first-order valence-electron chi connectivity index (χ1n) is 7.82. The molecule has 0 unspecified atom stereocenters. The Bertz CT molecular complexity index is 609. The summed E-state index contributed by atoms with van der Waals surface area (Å²) in [5.74, 6) is 1.68. The maximum absolute atomic E-state index is 5.84. The van der Waals surface area contributed by atoms with E-state index in [1.807, 2.05) is 24.3 Å². The van der Waals surface area contributed by atoms with E-state index in [0.717, 1.165) is 44.4 Å². The Morgan fingerprint density at radius 1 is 1.35 bits per heavy atom. The summed E-state index contributed by atoms with van der Waals surface area (Å²) in [6.45, 7) is 4.22. The van der Waals surface area contributed by atoms with E-state index >= 15 is 0 Å². The number of rotatable bonds is 6. The van der Waals surface area contributed by atoms with Crippen LogP contribution < -0.4 is 10.1 Å². The summed E-state index contributed by atoms with van der Waals surface area (Å²) < 4.78 is 11.1. The Labute approximate surface area is 136 Å². The minimum atomic E-state index is 0.149. The summed E-state index contributed by atoms with van der Waals surface area (Å²) in [5, 5.41) is 11.2. The Hall–Kier alpha value is -2.18. The van der Waals surface area contributed by atoms with Crippen molar-refractivity contribution in [3.05, 3.63) is 48.2 Å². The number of benzene rings is 1. The summed E-state index contributed by atoms with van der Waals surface area (Å²) in [6, 6.07) is 12.0. The van der Waals surface area contributed by atoms with Gasteiger partial charge in [-0.3, -0.25) is 4.90 Å². The molecule has 6 nitrogen and oxygen atoms in total. The number of ether oxygens (including phenoxy) is 2. The third kappa shape index (κ3) is 4.64. The highest BCUT2D eigenvalue weighted by Gasteiger charge is 2.20. The van der Waals surface area contributed by atoms with Crippen LogP contribution in [0.3, 0.4) is 0 Å². The van der Waals surface area contributed by atoms with Crippen LogP contribution in [-0.2, 0) is 11.3 Å². The molecule has 122 valence electrons. The number of hydrogen-bond donors (Lipinski definition) is 1. The quantitative estimate of drug-likeness (QED) is 0.877. The van der Waals surface area contributed by atoms with Crippen LogP contribution >= 0.6 is 0 Å². The van der Waals surface area contributed by atoms with Crippen LogP contribution in [0.15, 0.2) is 42.6 Å². The Balaban J connectivity index is 1.51. The summed E-state index contributed by atoms with van der Waals surface area (Å²) in [6.07, 6.45) is 1.81. The second-order valence-electron chi connectivity index (χ2n) is 5.57. The fourth-order valence-electron chi connectivity index (χ4n) is 2.69. The highest BCUT2D eigenvalue weighted by molar-refractivity contribution is 5.31. The van der Waals surface area contributed by atoms with Gasteiger partial charge in [0.2, 0.25) is 0 Å². The van der Waals surface area contributed by atoms with Gasteiger partial charge >= 0.3 is 0 Å². The largest absolute Gasteiger partial charge is 0.497 e. The van der Waals surface area contributed by atoms with Crippen molar-refractivity contribution in [2.24, 2.45) is 0 Å². The average molecular weight is 314 g/mol. The van der Waals surface area contributed by atoms with E-state index in [4.69, 9.17) is 9.47 Å². The van der Waals surface area contributed by atoms with Crippen LogP contribution in [0.5, 0.6) is 5.75 Å². The molecule has 0 spiro atoms. The number of aromatic nitrogens is 2. The molecule has 1 atom stereocenters. The maximum atomic E-state index is 5.84. The minimum Gasteiger partial charge on any atom is -0.497 e. The minimum absolute atomic E-state index is 0.149. The lowest BCUT2D eigenvalue weighted by Crippen LogP contribution is -2.44. The van der Waals surface area contributed by atoms with Gasteiger partial charge in [0.15, 0.2) is 0 Å². The Kier molecular flexibility index (Phi) is 5.39. The van der Waals surface area contributed by atoms with Gasteiger partial charge in [0.1, 0.15) is 11.6 Å². The van der Waals surface area contributed by atoms with E-state index in [2.05, 4.69) is 32.5 Å². The van der Waals surface area contributed by atoms with E-state index in [9.17, 15) is 0 Å². The van der Waals surface area contributed by atoms with Gasteiger partial charge in [-0.2, -0.15) is 5.10 Å². The van der Waals surface area contributed by atoms with Gasteiger partial charge in [-0.25, -0.2) is 0 Å². The zero-order valence-corrected chi connectivity index (χ0v) is 13.3. The highest BCUT2D eigenvalue weighted by atomic mass is 16.5. The fraction of sp³-hybridized carbons (Fsp3) is 0.412. The summed E-state index contributed by atoms with van der Waals surface area (Å²) >= 11 is 0. The molecule has 0 saturated carbocycles. The van der Waals surface area contributed by atoms with E-state index in [-0.39, 0.29) is 6.10 Å². The molecule has 1 aromatic heterocycles. The van der Waals surface area contributed by atoms with Gasteiger partial charge in [0.05, 0.1) is 19.8 Å². The summed E-state index contributed by atoms with van der Waals surface area (Å²) in [5.41, 5.74) is 1.26. The number of morpholine rings is 1. The summed E-state index contributed by atoms with van der Waals surface area (Å²) in [4.78, 5) is 2.40. The molecule has 0 bridgehead atoms. The van der Waals surface area contributed by atoms with Crippen LogP contribution in [0.1, 0.15) is 5.56 Å². The van der Waals surface area contributed by atoms with Crippen molar-refractivity contribution in [1.82, 2.24) is 15.1 Å². The van der Waals surface area contributed by atoms with Crippen LogP contribution in [0, 0.1) is 0 Å². The van der Waals surface area contributed by atoms with Crippen LogP contribution in [0.4, 0.5) is 5.82 Å². The van der Waals surface area contributed by atoms with Crippen molar-refractivity contribution in [2.75, 3.05) is 38.7 Å². The first-order chi connectivity index (χ1) is 11.3. The normalized spacial score (nSPS) is 18.6. The van der Waals surface area contributed by atoms with Crippen molar-refractivity contribution >= 4 is 5.82 Å². The number of methoxy groups -OCH3 is 1. The average Bonchev–Trinajstić information content (AvgIpc) is 2.61. The standard InChI is InChI=1S/C17H22N4O2/c1-22-15-5-2-4-14(10-15)12-21-8-9-23-16(13-21)11-18-17-6-3-7-19-20-17/h2-7,10,16H,8-9,11-13H2,1H3,(H,18,20)/t16-/m0/s1. The second-order valence-corrected chi connectivity index (χ2v) is 5.57. The van der Waals surface area contributed by atoms with Gasteiger partial charge in [0.25, 0.3) is 0 Å². The van der Waals surface area contributed by atoms with Crippen molar-refractivity contribution in [3.8, 4) is 5.75 Å². The number of nitrogens with zero attached hydrogens (tertiary/aromatic N) is 3. The lowest BCUT2D eigenvalue weighted by molar-refractivity contribution is -0.0240. The number of hydrogen-bond acceptors (Lipinski definition) is 6. The molecule has 1 saturated heterocycles. The predicted octanol–water partition coefficient (Wildman–Crippen LogP) is 1.80. The van der Waals surface area contributed by atoms with E-state index in [1.54, 1.807) is 13.3 Å². The smallest absolute Gasteiger partial charge is 0.148 e. The molecule has 1 fully saturated rings. The molecule has 0 radical (unpaired) electrons. The molecular weight excluding hydrogens is 292 g/mol. The van der Waals surface area contributed by atoms with Crippen molar-refractivity contribution in [3.63, 3.8) is 0 Å². The van der Waals surface area contributed by atoms with Crippen molar-refractivity contribution in [2.45, 2.75) is 12.6 Å². The van der Waals surface area contributed by atoms with Gasteiger partial charge in [-0.15, -0.1) is 5.10 Å². The van der Waals surface area contributed by atoms with Crippen LogP contribution in [0.25, 0.3) is 0 Å². The van der Waals surface area contributed by atoms with Gasteiger partial charge in [0, 0.05) is 32.4 Å². The topological polar surface area (TPSA) is 59.5 Å². The molecule has 2 aromatic rings. The molecule has 1 aliphatic rings. The third-order valence-corrected chi connectivity index (χ3v) is 3.85. The van der Waals surface area contributed by atoms with Crippen molar-refractivity contribution in [1.29, 1.82) is 0 Å². The molecule has 0 amide bonds. The SMILES string of the molecule is COc1cccc(CN2CCO[C@@H](CNc3cccnn3)C2)c1. The van der Waals surface area contributed by atoms with E-state index in [0.29, 0.717) is 0 Å². The third-order valence-electron chi connectivity index (χ3n) is 3.85. The van der Waals surface area contributed by atoms with Crippen molar-refractivity contribution < 1.29 is 9.47 Å². The molecule has 1 aliphatic heterocycles. The molecule has 1 N–H and O–H groups in total. The fourth-order valence-corrected chi connectivity index (χ4v) is 2.69. The first-order valence-corrected chi connectivity index (χ1v) is 7.82. The molecule has 6 heteroatoms. The number of anilines is 1. The lowest BCUT2D eigenvalue weighted by Gasteiger charge is -2.33. The van der Waals surface area contributed by atoms with Gasteiger partial charge < -0.3 is 14.8 Å². The molecule has 3 rings (SSSR count). The number of nitrogens with one attached hydrogen (secondary N) is 1. The van der Waals surface area contributed by atoms with Crippen LogP contribution in [-0.4, -0.2) is 54.6 Å². The molecule has 2 heterocycles. The lowest BCUT2D eigenvalue weighted by atomic mass is 10.1. The maximum Gasteiger partial charge on any atom is 0.148 e. The van der Waals surface area contributed by atoms with E-state index in [1.165, 1.54) is 5.56 Å². The Morgan fingerprint density at radius 3 is 3.13 bits per heavy atom. The zero-order valence-electron chi connectivity index (χ0n) is 13.3. The first kappa shape index (κ1) is 15.7. The second kappa shape index (κ2) is 7.89. The molecule has 1 aromatic carbocycles. The molecule has 0 aliphatic carbocycles. The zero-order chi connectivity index (χ0) is 15.9. The molecule has 23 heavy (non-hydrogen) atoms. The highest BCUT2D eigenvalue weighted by Crippen LogP contribution is 2.16. The van der Waals surface area contributed by atoms with E-state index < -0.39 is 0 Å². The van der Waals surface area contributed by atoms with Gasteiger partial charge in [-0.05, 0) is 29.8 Å².